The van der Waals surface area contributed by atoms with Crippen LogP contribution in [0.2, 0.25) is 0 Å². The Morgan fingerprint density at radius 3 is 2.50 bits per heavy atom. The van der Waals surface area contributed by atoms with Gasteiger partial charge in [-0.05, 0) is 24.6 Å². The lowest BCUT2D eigenvalue weighted by atomic mass is 10.1. The van der Waals surface area contributed by atoms with E-state index in [0.29, 0.717) is 4.47 Å². The molecule has 1 aromatic carbocycles. The van der Waals surface area contributed by atoms with Crippen molar-refractivity contribution in [3.8, 4) is 0 Å². The van der Waals surface area contributed by atoms with E-state index in [4.69, 9.17) is 23.2 Å². The van der Waals surface area contributed by atoms with E-state index in [-0.39, 0.29) is 5.56 Å². The molecule has 0 saturated carbocycles. The van der Waals surface area contributed by atoms with E-state index in [1.165, 1.54) is 12.1 Å². The van der Waals surface area contributed by atoms with Crippen molar-refractivity contribution in [2.24, 2.45) is 0 Å². The van der Waals surface area contributed by atoms with Crippen LogP contribution in [0.4, 0.5) is 4.39 Å². The highest BCUT2D eigenvalue weighted by Gasteiger charge is 2.20. The fourth-order valence-corrected chi connectivity index (χ4v) is 1.66. The van der Waals surface area contributed by atoms with Gasteiger partial charge in [-0.25, -0.2) is 4.39 Å². The Bertz CT molecular complexity index is 344. The molecule has 0 aromatic heterocycles. The summed E-state index contributed by atoms with van der Waals surface area (Å²) in [5.41, 5.74) is 0.844. The highest BCUT2D eigenvalue weighted by molar-refractivity contribution is 9.10. The summed E-state index contributed by atoms with van der Waals surface area (Å²) < 4.78 is 14.1. The van der Waals surface area contributed by atoms with Crippen LogP contribution in [0.15, 0.2) is 16.6 Å². The number of halogens is 4. The normalized spacial score (nSPS) is 13.4. The first-order valence-corrected chi connectivity index (χ1v) is 5.52. The third-order valence-corrected chi connectivity index (χ3v) is 3.17. The van der Waals surface area contributed by atoms with Gasteiger partial charge in [0.25, 0.3) is 0 Å². The minimum Gasteiger partial charge on any atom is -0.385 e. The zero-order valence-corrected chi connectivity index (χ0v) is 10.4. The second-order valence-electron chi connectivity index (χ2n) is 2.90. The van der Waals surface area contributed by atoms with Crippen LogP contribution in [0, 0.1) is 12.7 Å². The number of benzene rings is 1. The van der Waals surface area contributed by atoms with E-state index in [1.54, 1.807) is 6.92 Å². The highest BCUT2D eigenvalue weighted by Crippen LogP contribution is 2.29. The minimum atomic E-state index is -1.21. The van der Waals surface area contributed by atoms with Gasteiger partial charge in [0.05, 0.1) is 0 Å². The van der Waals surface area contributed by atoms with Crippen molar-refractivity contribution in [1.29, 1.82) is 0 Å². The van der Waals surface area contributed by atoms with Gasteiger partial charge in [-0.3, -0.25) is 0 Å². The van der Waals surface area contributed by atoms with E-state index < -0.39 is 16.8 Å². The summed E-state index contributed by atoms with van der Waals surface area (Å²) in [4.78, 5) is -1.04. The Labute approximate surface area is 100.0 Å². The lowest BCUT2D eigenvalue weighted by molar-refractivity contribution is 0.187. The van der Waals surface area contributed by atoms with Crippen molar-refractivity contribution in [3.63, 3.8) is 0 Å². The Morgan fingerprint density at radius 2 is 2.00 bits per heavy atom. The van der Waals surface area contributed by atoms with Gasteiger partial charge in [-0.1, -0.05) is 15.9 Å². The lowest BCUT2D eigenvalue weighted by Crippen LogP contribution is -2.08. The number of hydrogen-bond donors (Lipinski definition) is 1. The topological polar surface area (TPSA) is 20.2 Å². The summed E-state index contributed by atoms with van der Waals surface area (Å²) in [6.45, 7) is 1.75. The lowest BCUT2D eigenvalue weighted by Gasteiger charge is -2.13. The molecule has 1 nitrogen and oxygen atoms in total. The summed E-state index contributed by atoms with van der Waals surface area (Å²) in [7, 11) is 0. The maximum absolute atomic E-state index is 13.3. The maximum Gasteiger partial charge on any atom is 0.137 e. The zero-order chi connectivity index (χ0) is 10.9. The molecule has 0 heterocycles. The molecule has 0 saturated heterocycles. The van der Waals surface area contributed by atoms with Crippen LogP contribution in [0.25, 0.3) is 0 Å². The first-order valence-electron chi connectivity index (χ1n) is 3.85. The standard InChI is InChI=1S/C9H8BrCl2FO/c1-4-2-7(13)5(3-6(4)10)8(14)9(11)12/h2-3,8-9,14H,1H3. The molecule has 0 aliphatic rings. The number of aliphatic hydroxyl groups is 1. The molecule has 1 rings (SSSR count). The molecule has 0 aliphatic carbocycles. The van der Waals surface area contributed by atoms with E-state index >= 15 is 0 Å². The van der Waals surface area contributed by atoms with Gasteiger partial charge in [-0.15, -0.1) is 23.2 Å². The van der Waals surface area contributed by atoms with Crippen LogP contribution in [-0.4, -0.2) is 9.94 Å². The Balaban J connectivity index is 3.15. The third kappa shape index (κ3) is 2.60. The van der Waals surface area contributed by atoms with E-state index in [2.05, 4.69) is 15.9 Å². The van der Waals surface area contributed by atoms with Crippen molar-refractivity contribution >= 4 is 39.1 Å². The van der Waals surface area contributed by atoms with Crippen LogP contribution >= 0.6 is 39.1 Å². The molecule has 1 aromatic rings. The Hall–Kier alpha value is 0.170. The third-order valence-electron chi connectivity index (χ3n) is 1.84. The molecule has 1 N–H and O–H groups in total. The summed E-state index contributed by atoms with van der Waals surface area (Å²) in [5.74, 6) is -0.510. The van der Waals surface area contributed by atoms with Crippen LogP contribution < -0.4 is 0 Å². The minimum absolute atomic E-state index is 0.0949. The molecule has 0 aliphatic heterocycles. The molecular formula is C9H8BrCl2FO. The largest absolute Gasteiger partial charge is 0.385 e. The van der Waals surface area contributed by atoms with Crippen LogP contribution in [-0.2, 0) is 0 Å². The SMILES string of the molecule is Cc1cc(F)c(C(O)C(Cl)Cl)cc1Br. The molecule has 1 atom stereocenters. The summed E-state index contributed by atoms with van der Waals surface area (Å²) in [6.07, 6.45) is -1.21. The summed E-state index contributed by atoms with van der Waals surface area (Å²) >= 11 is 14.2. The first kappa shape index (κ1) is 12.2. The fourth-order valence-electron chi connectivity index (χ4n) is 1.02. The van der Waals surface area contributed by atoms with Gasteiger partial charge >= 0.3 is 0 Å². The number of hydrogen-bond acceptors (Lipinski definition) is 1. The number of aryl methyl sites for hydroxylation is 1. The van der Waals surface area contributed by atoms with Gasteiger partial charge in [0.15, 0.2) is 0 Å². The molecule has 14 heavy (non-hydrogen) atoms. The van der Waals surface area contributed by atoms with Gasteiger partial charge in [0.2, 0.25) is 0 Å². The van der Waals surface area contributed by atoms with E-state index in [0.717, 1.165) is 5.56 Å². The molecule has 0 spiro atoms. The van der Waals surface area contributed by atoms with Crippen molar-refractivity contribution in [3.05, 3.63) is 33.5 Å². The van der Waals surface area contributed by atoms with Gasteiger partial charge in [0.1, 0.15) is 16.8 Å². The quantitative estimate of drug-likeness (QED) is 0.825. The Morgan fingerprint density at radius 1 is 1.43 bits per heavy atom. The number of alkyl halides is 2. The predicted octanol–water partition coefficient (Wildman–Crippen LogP) is 3.73. The molecule has 0 bridgehead atoms. The molecule has 0 amide bonds. The molecular weight excluding hydrogens is 294 g/mol. The van der Waals surface area contributed by atoms with Gasteiger partial charge in [0, 0.05) is 10.0 Å². The molecule has 78 valence electrons. The number of aliphatic hydroxyl groups excluding tert-OH is 1. The number of rotatable bonds is 2. The first-order chi connectivity index (χ1) is 6.43. The van der Waals surface area contributed by atoms with E-state index in [1.807, 2.05) is 0 Å². The van der Waals surface area contributed by atoms with Crippen molar-refractivity contribution in [1.82, 2.24) is 0 Å². The van der Waals surface area contributed by atoms with E-state index in [9.17, 15) is 9.50 Å². The average Bonchev–Trinajstić information content (AvgIpc) is 2.10. The second kappa shape index (κ2) is 4.79. The van der Waals surface area contributed by atoms with Crippen LogP contribution in [0.5, 0.6) is 0 Å². The smallest absolute Gasteiger partial charge is 0.137 e. The van der Waals surface area contributed by atoms with Gasteiger partial charge < -0.3 is 5.11 Å². The highest BCUT2D eigenvalue weighted by atomic mass is 79.9. The van der Waals surface area contributed by atoms with Crippen LogP contribution in [0.3, 0.4) is 0 Å². The van der Waals surface area contributed by atoms with Crippen LogP contribution in [0.1, 0.15) is 17.2 Å². The summed E-state index contributed by atoms with van der Waals surface area (Å²) in [6, 6.07) is 2.80. The molecule has 0 radical (unpaired) electrons. The Kier molecular flexibility index (Phi) is 4.19. The molecule has 1 unspecified atom stereocenters. The van der Waals surface area contributed by atoms with Crippen molar-refractivity contribution < 1.29 is 9.50 Å². The maximum atomic E-state index is 13.3. The molecule has 5 heteroatoms. The predicted molar refractivity (Wildman–Crippen MR) is 59.3 cm³/mol. The van der Waals surface area contributed by atoms with Crippen molar-refractivity contribution in [2.45, 2.75) is 17.9 Å². The zero-order valence-electron chi connectivity index (χ0n) is 7.27. The molecule has 0 fully saturated rings. The summed E-state index contributed by atoms with van der Waals surface area (Å²) in [5, 5.41) is 9.47. The monoisotopic (exact) mass is 300 g/mol. The van der Waals surface area contributed by atoms with Crippen molar-refractivity contribution in [2.75, 3.05) is 0 Å². The fraction of sp³-hybridized carbons (Fsp3) is 0.333. The average molecular weight is 302 g/mol. The van der Waals surface area contributed by atoms with Gasteiger partial charge in [-0.2, -0.15) is 0 Å². The second-order valence-corrected chi connectivity index (χ2v) is 4.92.